The SMILES string of the molecule is CCOC(=O)C(OC(C)(C)C)c1c(Cl)nc(C=O)c(-c2ccc(F)c(F)c2)c1N1CCC(C)(C)CC1. The van der Waals surface area contributed by atoms with Crippen molar-refractivity contribution >= 4 is 29.5 Å². The lowest BCUT2D eigenvalue weighted by molar-refractivity contribution is -0.166. The normalized spacial score (nSPS) is 16.5. The molecule has 0 bridgehead atoms. The third-order valence-corrected chi connectivity index (χ3v) is 6.46. The maximum atomic E-state index is 14.3. The molecule has 1 aliphatic rings. The Morgan fingerprint density at radius 2 is 1.86 bits per heavy atom. The van der Waals surface area contributed by atoms with E-state index in [1.54, 1.807) is 27.7 Å². The van der Waals surface area contributed by atoms with Crippen molar-refractivity contribution in [3.63, 3.8) is 0 Å². The predicted octanol–water partition coefficient (Wildman–Crippen LogP) is 6.54. The van der Waals surface area contributed by atoms with Crippen LogP contribution in [0.1, 0.15) is 76.5 Å². The molecular weight excluding hydrogens is 490 g/mol. The smallest absolute Gasteiger partial charge is 0.340 e. The highest BCUT2D eigenvalue weighted by atomic mass is 35.5. The highest BCUT2D eigenvalue weighted by Crippen LogP contribution is 2.46. The Balaban J connectivity index is 2.38. The van der Waals surface area contributed by atoms with Gasteiger partial charge in [0.2, 0.25) is 0 Å². The Labute approximate surface area is 215 Å². The van der Waals surface area contributed by atoms with E-state index in [0.29, 0.717) is 25.1 Å². The van der Waals surface area contributed by atoms with Gasteiger partial charge in [0, 0.05) is 18.7 Å². The van der Waals surface area contributed by atoms with E-state index in [1.165, 1.54) is 6.07 Å². The number of rotatable bonds is 7. The summed E-state index contributed by atoms with van der Waals surface area (Å²) in [6.07, 6.45) is 0.904. The zero-order valence-electron chi connectivity index (χ0n) is 21.6. The van der Waals surface area contributed by atoms with Gasteiger partial charge >= 0.3 is 5.97 Å². The Bertz CT molecular complexity index is 1140. The highest BCUT2D eigenvalue weighted by Gasteiger charge is 2.38. The summed E-state index contributed by atoms with van der Waals surface area (Å²) in [6, 6.07) is 3.38. The molecule has 0 spiro atoms. The fourth-order valence-electron chi connectivity index (χ4n) is 4.29. The zero-order chi connectivity index (χ0) is 26.8. The van der Waals surface area contributed by atoms with Gasteiger partial charge in [-0.2, -0.15) is 0 Å². The first-order chi connectivity index (χ1) is 16.8. The summed E-state index contributed by atoms with van der Waals surface area (Å²) >= 11 is 6.65. The number of piperidine rings is 1. The van der Waals surface area contributed by atoms with E-state index in [9.17, 15) is 18.4 Å². The number of carbonyl (C=O) groups is 2. The number of hydrogen-bond acceptors (Lipinski definition) is 6. The van der Waals surface area contributed by atoms with Crippen LogP contribution >= 0.6 is 11.6 Å². The van der Waals surface area contributed by atoms with Crippen LogP contribution in [-0.2, 0) is 14.3 Å². The van der Waals surface area contributed by atoms with E-state index in [4.69, 9.17) is 21.1 Å². The summed E-state index contributed by atoms with van der Waals surface area (Å²) in [4.78, 5) is 31.6. The molecule has 1 aliphatic heterocycles. The van der Waals surface area contributed by atoms with Gasteiger partial charge in [0.25, 0.3) is 0 Å². The van der Waals surface area contributed by atoms with Crippen molar-refractivity contribution in [2.24, 2.45) is 5.41 Å². The van der Waals surface area contributed by atoms with E-state index >= 15 is 0 Å². The molecule has 1 atom stereocenters. The van der Waals surface area contributed by atoms with Crippen molar-refractivity contribution in [2.75, 3.05) is 24.6 Å². The van der Waals surface area contributed by atoms with E-state index in [1.807, 2.05) is 4.90 Å². The highest BCUT2D eigenvalue weighted by molar-refractivity contribution is 6.31. The summed E-state index contributed by atoms with van der Waals surface area (Å²) in [5.41, 5.74) is 0.428. The molecule has 36 heavy (non-hydrogen) atoms. The van der Waals surface area contributed by atoms with Crippen LogP contribution in [0.5, 0.6) is 0 Å². The summed E-state index contributed by atoms with van der Waals surface area (Å²) in [5.74, 6) is -2.75. The first-order valence-corrected chi connectivity index (χ1v) is 12.4. The molecular formula is C27H33ClF2N2O4. The van der Waals surface area contributed by atoms with E-state index in [2.05, 4.69) is 18.8 Å². The van der Waals surface area contributed by atoms with Gasteiger partial charge in [-0.3, -0.25) is 4.79 Å². The number of aldehydes is 1. The molecule has 196 valence electrons. The molecule has 9 heteroatoms. The summed E-state index contributed by atoms with van der Waals surface area (Å²) < 4.78 is 39.6. The lowest BCUT2D eigenvalue weighted by Gasteiger charge is -2.41. The second-order valence-corrected chi connectivity index (χ2v) is 11.0. The topological polar surface area (TPSA) is 68.7 Å². The van der Waals surface area contributed by atoms with Gasteiger partial charge in [0.15, 0.2) is 24.0 Å². The van der Waals surface area contributed by atoms with E-state index in [-0.39, 0.29) is 39.6 Å². The molecule has 1 unspecified atom stereocenters. The number of benzene rings is 1. The van der Waals surface area contributed by atoms with Crippen molar-refractivity contribution in [2.45, 2.75) is 66.1 Å². The second kappa shape index (κ2) is 10.8. The number of aromatic nitrogens is 1. The van der Waals surface area contributed by atoms with Crippen LogP contribution in [-0.4, -0.2) is 42.5 Å². The third kappa shape index (κ3) is 6.21. The molecule has 3 rings (SSSR count). The van der Waals surface area contributed by atoms with E-state index in [0.717, 1.165) is 25.0 Å². The minimum atomic E-state index is -1.26. The number of hydrogen-bond donors (Lipinski definition) is 0. The van der Waals surface area contributed by atoms with Gasteiger partial charge in [-0.1, -0.05) is 31.5 Å². The minimum absolute atomic E-state index is 0.0482. The van der Waals surface area contributed by atoms with Gasteiger partial charge in [0.1, 0.15) is 10.8 Å². The fraction of sp³-hybridized carbons (Fsp3) is 0.519. The number of carbonyl (C=O) groups excluding carboxylic acids is 2. The van der Waals surface area contributed by atoms with Crippen LogP contribution in [0.25, 0.3) is 11.1 Å². The maximum Gasteiger partial charge on any atom is 0.340 e. The summed E-state index contributed by atoms with van der Waals surface area (Å²) in [5, 5.41) is -0.0921. The Kier molecular flexibility index (Phi) is 8.41. The van der Waals surface area contributed by atoms with Gasteiger partial charge in [-0.25, -0.2) is 18.6 Å². The second-order valence-electron chi connectivity index (χ2n) is 10.7. The van der Waals surface area contributed by atoms with Crippen molar-refractivity contribution in [1.29, 1.82) is 0 Å². The van der Waals surface area contributed by atoms with Crippen LogP contribution in [0.4, 0.5) is 14.5 Å². The van der Waals surface area contributed by atoms with E-state index < -0.39 is 29.3 Å². The Hall–Kier alpha value is -2.58. The molecule has 0 radical (unpaired) electrons. The monoisotopic (exact) mass is 522 g/mol. The standard InChI is InChI=1S/C27H33ClF2N2O4/c1-7-35-25(34)23(36-26(2,3)4)21-22(32-12-10-27(5,6)11-13-32)20(19(15-33)31-24(21)28)16-8-9-17(29)18(30)14-16/h8-9,14-15,23H,7,10-13H2,1-6H3. The van der Waals surface area contributed by atoms with Gasteiger partial charge in [-0.05, 0) is 63.6 Å². The predicted molar refractivity (Wildman–Crippen MR) is 135 cm³/mol. The molecule has 1 aromatic heterocycles. The Morgan fingerprint density at radius 1 is 1.22 bits per heavy atom. The van der Waals surface area contributed by atoms with Gasteiger partial charge < -0.3 is 14.4 Å². The lowest BCUT2D eigenvalue weighted by Crippen LogP contribution is -2.39. The van der Waals surface area contributed by atoms with Crippen LogP contribution in [0.15, 0.2) is 18.2 Å². The number of esters is 1. The maximum absolute atomic E-state index is 14.3. The average Bonchev–Trinajstić information content (AvgIpc) is 2.78. The van der Waals surface area contributed by atoms with Crippen molar-refractivity contribution < 1.29 is 27.8 Å². The molecule has 2 aromatic rings. The number of nitrogens with zero attached hydrogens (tertiary/aromatic N) is 2. The summed E-state index contributed by atoms with van der Waals surface area (Å²) in [7, 11) is 0. The minimum Gasteiger partial charge on any atom is -0.464 e. The largest absolute Gasteiger partial charge is 0.464 e. The first kappa shape index (κ1) is 28.0. The van der Waals surface area contributed by atoms with Gasteiger partial charge in [0.05, 0.1) is 23.5 Å². The number of anilines is 1. The molecule has 0 aliphatic carbocycles. The molecule has 0 N–H and O–H groups in total. The third-order valence-electron chi connectivity index (χ3n) is 6.18. The van der Waals surface area contributed by atoms with Crippen LogP contribution in [0, 0.1) is 17.0 Å². The van der Waals surface area contributed by atoms with Crippen molar-refractivity contribution in [3.8, 4) is 11.1 Å². The number of pyridine rings is 1. The average molecular weight is 523 g/mol. The molecule has 1 saturated heterocycles. The summed E-state index contributed by atoms with van der Waals surface area (Å²) in [6.45, 7) is 12.7. The van der Waals surface area contributed by atoms with Crippen LogP contribution < -0.4 is 4.90 Å². The van der Waals surface area contributed by atoms with Crippen molar-refractivity contribution in [1.82, 2.24) is 4.98 Å². The zero-order valence-corrected chi connectivity index (χ0v) is 22.3. The Morgan fingerprint density at radius 3 is 2.39 bits per heavy atom. The molecule has 0 saturated carbocycles. The molecule has 1 fully saturated rings. The molecule has 6 nitrogen and oxygen atoms in total. The molecule has 0 amide bonds. The fourth-order valence-corrected chi connectivity index (χ4v) is 4.57. The quantitative estimate of drug-likeness (QED) is 0.234. The van der Waals surface area contributed by atoms with Gasteiger partial charge in [-0.15, -0.1) is 0 Å². The first-order valence-electron chi connectivity index (χ1n) is 12.0. The molecule has 1 aromatic carbocycles. The number of halogens is 3. The van der Waals surface area contributed by atoms with Crippen molar-refractivity contribution in [3.05, 3.63) is 46.2 Å². The van der Waals surface area contributed by atoms with Crippen LogP contribution in [0.2, 0.25) is 5.15 Å². The number of ether oxygens (including phenoxy) is 2. The van der Waals surface area contributed by atoms with Crippen LogP contribution in [0.3, 0.4) is 0 Å². The lowest BCUT2D eigenvalue weighted by atomic mass is 9.82. The molecule has 2 heterocycles.